The summed E-state index contributed by atoms with van der Waals surface area (Å²) in [5.41, 5.74) is 2.19. The molecule has 1 unspecified atom stereocenters. The van der Waals surface area contributed by atoms with Gasteiger partial charge in [-0.15, -0.1) is 0 Å². The minimum absolute atomic E-state index is 0.144. The van der Waals surface area contributed by atoms with Gasteiger partial charge >= 0.3 is 5.97 Å². The Bertz CT molecular complexity index is 537. The highest BCUT2D eigenvalue weighted by Crippen LogP contribution is 2.13. The number of carbonyl (C=O) groups excluding carboxylic acids is 1. The first-order valence-corrected chi connectivity index (χ1v) is 6.72. The van der Waals surface area contributed by atoms with E-state index in [1.807, 2.05) is 13.8 Å². The molecular formula is C16H21NO4. The number of hydrogen-bond acceptors (Lipinski definition) is 3. The van der Waals surface area contributed by atoms with Crippen LogP contribution in [0.25, 0.3) is 6.08 Å². The molecule has 5 heteroatoms. The van der Waals surface area contributed by atoms with E-state index in [4.69, 9.17) is 9.84 Å². The second-order valence-corrected chi connectivity index (χ2v) is 5.01. The summed E-state index contributed by atoms with van der Waals surface area (Å²) in [6, 6.07) is 5.17. The third-order valence-electron chi connectivity index (χ3n) is 3.00. The lowest BCUT2D eigenvalue weighted by molar-refractivity contribution is -0.131. The Morgan fingerprint density at radius 1 is 1.43 bits per heavy atom. The molecule has 1 rings (SSSR count). The van der Waals surface area contributed by atoms with Crippen molar-refractivity contribution in [1.29, 1.82) is 0 Å². The van der Waals surface area contributed by atoms with E-state index in [0.29, 0.717) is 18.7 Å². The number of nitrogens with one attached hydrogen (secondary N) is 1. The van der Waals surface area contributed by atoms with Gasteiger partial charge < -0.3 is 15.2 Å². The molecule has 0 aliphatic rings. The van der Waals surface area contributed by atoms with Gasteiger partial charge in [0.2, 0.25) is 0 Å². The maximum absolute atomic E-state index is 12.0. The molecular weight excluding hydrogens is 270 g/mol. The van der Waals surface area contributed by atoms with Gasteiger partial charge in [-0.2, -0.15) is 0 Å². The lowest BCUT2D eigenvalue weighted by Gasteiger charge is -2.12. The zero-order valence-corrected chi connectivity index (χ0v) is 12.6. The molecule has 0 spiro atoms. The van der Waals surface area contributed by atoms with Crippen LogP contribution in [0, 0.1) is 12.8 Å². The van der Waals surface area contributed by atoms with E-state index in [1.165, 1.54) is 6.08 Å². The van der Waals surface area contributed by atoms with E-state index < -0.39 is 5.97 Å². The molecule has 0 heterocycles. The molecule has 5 nitrogen and oxygen atoms in total. The zero-order chi connectivity index (χ0) is 15.8. The molecule has 0 bridgehead atoms. The highest BCUT2D eigenvalue weighted by Gasteiger charge is 2.09. The summed E-state index contributed by atoms with van der Waals surface area (Å²) in [5.74, 6) is -0.893. The van der Waals surface area contributed by atoms with Crippen molar-refractivity contribution in [3.8, 4) is 0 Å². The molecule has 0 aliphatic heterocycles. The SMILES string of the molecule is COCC(C)CNC(=O)c1ccc(/C=C/C(=O)O)c(C)c1. The van der Waals surface area contributed by atoms with Crippen LogP contribution in [0.2, 0.25) is 0 Å². The average Bonchev–Trinajstić information content (AvgIpc) is 2.43. The normalized spacial score (nSPS) is 12.3. The average molecular weight is 291 g/mol. The van der Waals surface area contributed by atoms with Crippen LogP contribution in [0.4, 0.5) is 0 Å². The summed E-state index contributed by atoms with van der Waals surface area (Å²) < 4.78 is 5.02. The molecule has 1 aromatic rings. The molecule has 0 aliphatic carbocycles. The minimum atomic E-state index is -0.997. The lowest BCUT2D eigenvalue weighted by Crippen LogP contribution is -2.29. The second-order valence-electron chi connectivity index (χ2n) is 5.01. The van der Waals surface area contributed by atoms with E-state index in [1.54, 1.807) is 25.3 Å². The number of ether oxygens (including phenoxy) is 1. The molecule has 1 atom stereocenters. The van der Waals surface area contributed by atoms with Crippen LogP contribution >= 0.6 is 0 Å². The molecule has 1 aromatic carbocycles. The first-order valence-electron chi connectivity index (χ1n) is 6.72. The van der Waals surface area contributed by atoms with Crippen LogP contribution in [0.1, 0.15) is 28.4 Å². The Balaban J connectivity index is 2.70. The number of rotatable bonds is 7. The Labute approximate surface area is 124 Å². The number of carboxylic acids is 1. The summed E-state index contributed by atoms with van der Waals surface area (Å²) in [6.45, 7) is 4.98. The van der Waals surface area contributed by atoms with Gasteiger partial charge in [0.15, 0.2) is 0 Å². The first-order chi connectivity index (χ1) is 9.93. The van der Waals surface area contributed by atoms with Crippen molar-refractivity contribution >= 4 is 18.0 Å². The van der Waals surface area contributed by atoms with E-state index in [2.05, 4.69) is 5.32 Å². The van der Waals surface area contributed by atoms with E-state index in [-0.39, 0.29) is 11.8 Å². The van der Waals surface area contributed by atoms with Crippen molar-refractivity contribution in [2.45, 2.75) is 13.8 Å². The van der Waals surface area contributed by atoms with Crippen LogP contribution in [-0.4, -0.2) is 37.2 Å². The Hall–Kier alpha value is -2.14. The number of carbonyl (C=O) groups is 2. The molecule has 114 valence electrons. The van der Waals surface area contributed by atoms with Crippen molar-refractivity contribution in [1.82, 2.24) is 5.32 Å². The largest absolute Gasteiger partial charge is 0.478 e. The maximum Gasteiger partial charge on any atom is 0.328 e. The zero-order valence-electron chi connectivity index (χ0n) is 12.6. The molecule has 2 N–H and O–H groups in total. The monoisotopic (exact) mass is 291 g/mol. The van der Waals surface area contributed by atoms with Gasteiger partial charge in [-0.05, 0) is 42.2 Å². The fourth-order valence-electron chi connectivity index (χ4n) is 1.88. The highest BCUT2D eigenvalue weighted by atomic mass is 16.5. The summed E-state index contributed by atoms with van der Waals surface area (Å²) in [4.78, 5) is 22.5. The van der Waals surface area contributed by atoms with Crippen molar-refractivity contribution in [3.05, 3.63) is 41.0 Å². The summed E-state index contributed by atoms with van der Waals surface area (Å²) in [6.07, 6.45) is 2.59. The predicted molar refractivity (Wildman–Crippen MR) is 81.2 cm³/mol. The maximum atomic E-state index is 12.0. The molecule has 0 aromatic heterocycles. The molecule has 1 amide bonds. The van der Waals surface area contributed by atoms with Crippen LogP contribution < -0.4 is 5.32 Å². The summed E-state index contributed by atoms with van der Waals surface area (Å²) in [7, 11) is 1.63. The lowest BCUT2D eigenvalue weighted by atomic mass is 10.0. The number of carboxylic acid groups (broad SMARTS) is 1. The predicted octanol–water partition coefficient (Wildman–Crippen LogP) is 2.11. The van der Waals surface area contributed by atoms with Gasteiger partial charge in [-0.25, -0.2) is 4.79 Å². The Kier molecular flexibility index (Phi) is 6.62. The van der Waals surface area contributed by atoms with Gasteiger partial charge in [0, 0.05) is 25.3 Å². The molecule has 0 saturated carbocycles. The summed E-state index contributed by atoms with van der Waals surface area (Å²) in [5, 5.41) is 11.5. The van der Waals surface area contributed by atoms with Crippen molar-refractivity contribution in [2.24, 2.45) is 5.92 Å². The number of aryl methyl sites for hydroxylation is 1. The molecule has 0 radical (unpaired) electrons. The topological polar surface area (TPSA) is 75.6 Å². The standard InChI is InChI=1S/C16H21NO4/c1-11(10-21-3)9-17-16(20)14-5-4-13(12(2)8-14)6-7-15(18)19/h4-8,11H,9-10H2,1-3H3,(H,17,20)(H,18,19)/b7-6+. The Morgan fingerprint density at radius 2 is 2.14 bits per heavy atom. The van der Waals surface area contributed by atoms with E-state index >= 15 is 0 Å². The number of methoxy groups -OCH3 is 1. The number of benzene rings is 1. The first kappa shape index (κ1) is 16.9. The van der Waals surface area contributed by atoms with Gasteiger partial charge in [-0.1, -0.05) is 13.0 Å². The third-order valence-corrected chi connectivity index (χ3v) is 3.00. The fraction of sp³-hybridized carbons (Fsp3) is 0.375. The summed E-state index contributed by atoms with van der Waals surface area (Å²) >= 11 is 0. The molecule has 0 fully saturated rings. The van der Waals surface area contributed by atoms with Gasteiger partial charge in [0.1, 0.15) is 0 Å². The van der Waals surface area contributed by atoms with Crippen LogP contribution in [0.15, 0.2) is 24.3 Å². The van der Waals surface area contributed by atoms with Crippen LogP contribution in [0.5, 0.6) is 0 Å². The van der Waals surface area contributed by atoms with Crippen molar-refractivity contribution < 1.29 is 19.4 Å². The quantitative estimate of drug-likeness (QED) is 0.754. The molecule has 21 heavy (non-hydrogen) atoms. The number of hydrogen-bond donors (Lipinski definition) is 2. The second kappa shape index (κ2) is 8.21. The van der Waals surface area contributed by atoms with Gasteiger partial charge in [0.05, 0.1) is 6.61 Å². The smallest absolute Gasteiger partial charge is 0.328 e. The molecule has 0 saturated heterocycles. The van der Waals surface area contributed by atoms with Gasteiger partial charge in [0.25, 0.3) is 5.91 Å². The number of aliphatic carboxylic acids is 1. The Morgan fingerprint density at radius 3 is 2.71 bits per heavy atom. The van der Waals surface area contributed by atoms with E-state index in [9.17, 15) is 9.59 Å². The number of amides is 1. The minimum Gasteiger partial charge on any atom is -0.478 e. The van der Waals surface area contributed by atoms with Crippen LogP contribution in [0.3, 0.4) is 0 Å². The highest BCUT2D eigenvalue weighted by molar-refractivity contribution is 5.95. The van der Waals surface area contributed by atoms with Gasteiger partial charge in [-0.3, -0.25) is 4.79 Å². The fourth-order valence-corrected chi connectivity index (χ4v) is 1.88. The van der Waals surface area contributed by atoms with Crippen LogP contribution in [-0.2, 0) is 9.53 Å². The van der Waals surface area contributed by atoms with Crippen molar-refractivity contribution in [2.75, 3.05) is 20.3 Å². The van der Waals surface area contributed by atoms with Crippen molar-refractivity contribution in [3.63, 3.8) is 0 Å². The third kappa shape index (κ3) is 5.79. The van der Waals surface area contributed by atoms with E-state index in [0.717, 1.165) is 17.2 Å².